The number of nitrogens with zero attached hydrogens (tertiary/aromatic N) is 5. The van der Waals surface area contributed by atoms with Crippen molar-refractivity contribution in [1.82, 2.24) is 19.6 Å². The second-order valence-corrected chi connectivity index (χ2v) is 5.99. The van der Waals surface area contributed by atoms with Gasteiger partial charge in [-0.25, -0.2) is 9.48 Å². The maximum atomic E-state index is 12.9. The summed E-state index contributed by atoms with van der Waals surface area (Å²) < 4.78 is 7.49. The largest absolute Gasteiger partial charge is 0.462 e. The number of nitro groups is 1. The summed E-state index contributed by atoms with van der Waals surface area (Å²) in [6, 6.07) is 8.80. The average Bonchev–Trinajstić information content (AvgIpc) is 3.22. The van der Waals surface area contributed by atoms with E-state index in [0.717, 1.165) is 4.68 Å². The van der Waals surface area contributed by atoms with Crippen molar-refractivity contribution in [3.8, 4) is 5.69 Å². The van der Waals surface area contributed by atoms with Gasteiger partial charge in [0, 0.05) is 7.05 Å². The molecule has 0 fully saturated rings. The third-order valence-corrected chi connectivity index (χ3v) is 4.09. The Morgan fingerprint density at radius 3 is 2.59 bits per heavy atom. The molecule has 0 aliphatic rings. The van der Waals surface area contributed by atoms with Crippen LogP contribution in [0.25, 0.3) is 5.69 Å². The zero-order valence-corrected chi connectivity index (χ0v) is 15.9. The smallest absolute Gasteiger partial charge is 0.343 e. The first-order valence-corrected chi connectivity index (χ1v) is 8.65. The number of carbonyl (C=O) groups is 2. The van der Waals surface area contributed by atoms with Crippen molar-refractivity contribution in [3.63, 3.8) is 0 Å². The van der Waals surface area contributed by atoms with Crippen LogP contribution in [0.1, 0.15) is 33.5 Å². The molecule has 1 aromatic carbocycles. The Hall–Kier alpha value is -4.02. The van der Waals surface area contributed by atoms with E-state index in [2.05, 4.69) is 15.5 Å². The highest BCUT2D eigenvalue weighted by Crippen LogP contribution is 2.26. The molecule has 0 radical (unpaired) electrons. The fraction of sp³-hybridized carbons (Fsp3) is 0.222. The quantitative estimate of drug-likeness (QED) is 0.382. The number of para-hydroxylation sites is 1. The van der Waals surface area contributed by atoms with E-state index in [4.69, 9.17) is 4.74 Å². The van der Waals surface area contributed by atoms with Crippen molar-refractivity contribution in [1.29, 1.82) is 0 Å². The van der Waals surface area contributed by atoms with E-state index in [1.54, 1.807) is 37.3 Å². The molecule has 3 aromatic rings. The highest BCUT2D eigenvalue weighted by molar-refractivity contribution is 6.08. The van der Waals surface area contributed by atoms with E-state index in [-0.39, 0.29) is 29.4 Å². The Morgan fingerprint density at radius 1 is 1.28 bits per heavy atom. The predicted molar refractivity (Wildman–Crippen MR) is 102 cm³/mol. The van der Waals surface area contributed by atoms with Gasteiger partial charge in [0.15, 0.2) is 5.82 Å². The van der Waals surface area contributed by atoms with Crippen LogP contribution in [-0.2, 0) is 11.8 Å². The number of amides is 1. The number of hydrogen-bond donors (Lipinski definition) is 1. The second-order valence-electron chi connectivity index (χ2n) is 5.99. The van der Waals surface area contributed by atoms with Gasteiger partial charge in [0.1, 0.15) is 11.3 Å². The molecule has 1 N–H and O–H groups in total. The zero-order chi connectivity index (χ0) is 21.1. The number of carbonyl (C=O) groups excluding carboxylic acids is 2. The molecule has 0 bridgehead atoms. The van der Waals surface area contributed by atoms with Gasteiger partial charge in [-0.1, -0.05) is 18.2 Å². The van der Waals surface area contributed by atoms with Crippen LogP contribution in [0.5, 0.6) is 0 Å². The zero-order valence-electron chi connectivity index (χ0n) is 15.9. The van der Waals surface area contributed by atoms with Gasteiger partial charge < -0.3 is 10.1 Å². The van der Waals surface area contributed by atoms with Crippen LogP contribution < -0.4 is 5.32 Å². The fourth-order valence-corrected chi connectivity index (χ4v) is 2.88. The van der Waals surface area contributed by atoms with Crippen LogP contribution in [0.3, 0.4) is 0 Å². The molecule has 3 rings (SSSR count). The van der Waals surface area contributed by atoms with Gasteiger partial charge in [-0.2, -0.15) is 10.2 Å². The average molecular weight is 398 g/mol. The third kappa shape index (κ3) is 3.70. The molecule has 0 atom stereocenters. The molecule has 0 aliphatic carbocycles. The van der Waals surface area contributed by atoms with E-state index in [0.29, 0.717) is 5.69 Å². The minimum absolute atomic E-state index is 0.0191. The Labute approximate surface area is 165 Å². The lowest BCUT2D eigenvalue weighted by Gasteiger charge is -2.11. The van der Waals surface area contributed by atoms with Crippen LogP contribution in [0.4, 0.5) is 11.5 Å². The number of aryl methyl sites for hydroxylation is 2. The molecule has 0 saturated heterocycles. The lowest BCUT2D eigenvalue weighted by molar-refractivity contribution is -0.385. The fourth-order valence-electron chi connectivity index (χ4n) is 2.88. The summed E-state index contributed by atoms with van der Waals surface area (Å²) in [4.78, 5) is 36.0. The monoisotopic (exact) mass is 398 g/mol. The highest BCUT2D eigenvalue weighted by Gasteiger charge is 2.31. The summed E-state index contributed by atoms with van der Waals surface area (Å²) in [5.74, 6) is -1.45. The van der Waals surface area contributed by atoms with Gasteiger partial charge >= 0.3 is 11.7 Å². The number of benzene rings is 1. The first-order chi connectivity index (χ1) is 13.8. The van der Waals surface area contributed by atoms with E-state index in [1.165, 1.54) is 24.9 Å². The summed E-state index contributed by atoms with van der Waals surface area (Å²) in [5, 5.41) is 22.1. The van der Waals surface area contributed by atoms with Crippen molar-refractivity contribution in [3.05, 3.63) is 63.6 Å². The molecule has 0 unspecified atom stereocenters. The van der Waals surface area contributed by atoms with Crippen molar-refractivity contribution < 1.29 is 19.2 Å². The van der Waals surface area contributed by atoms with Gasteiger partial charge in [0.05, 0.1) is 23.4 Å². The molecule has 29 heavy (non-hydrogen) atoms. The van der Waals surface area contributed by atoms with Gasteiger partial charge in [-0.15, -0.1) is 0 Å². The first kappa shape index (κ1) is 19.7. The minimum atomic E-state index is -0.803. The normalized spacial score (nSPS) is 10.6. The lowest BCUT2D eigenvalue weighted by atomic mass is 10.2. The molecular weight excluding hydrogens is 380 g/mol. The second kappa shape index (κ2) is 7.92. The van der Waals surface area contributed by atoms with Gasteiger partial charge in [-0.05, 0) is 26.0 Å². The molecule has 0 aliphatic heterocycles. The van der Waals surface area contributed by atoms with E-state index in [1.807, 2.05) is 0 Å². The molecule has 0 spiro atoms. The van der Waals surface area contributed by atoms with E-state index >= 15 is 0 Å². The standard InChI is InChI=1S/C18H18N6O5/c1-4-29-18(26)13-10-19-23(12-8-6-5-7-9-12)16(13)20-17(25)15-14(24(27)28)11(2)21-22(15)3/h5-10H,4H2,1-3H3,(H,20,25). The van der Waals surface area contributed by atoms with Crippen LogP contribution in [0.15, 0.2) is 36.5 Å². The Balaban J connectivity index is 2.08. The molecular formula is C18H18N6O5. The van der Waals surface area contributed by atoms with Crippen LogP contribution in [-0.4, -0.2) is 43.0 Å². The number of anilines is 1. The third-order valence-electron chi connectivity index (χ3n) is 4.09. The van der Waals surface area contributed by atoms with Crippen LogP contribution >= 0.6 is 0 Å². The van der Waals surface area contributed by atoms with Crippen molar-refractivity contribution in [2.45, 2.75) is 13.8 Å². The van der Waals surface area contributed by atoms with Gasteiger partial charge in [0.25, 0.3) is 5.91 Å². The predicted octanol–water partition coefficient (Wildman–Crippen LogP) is 2.25. The summed E-state index contributed by atoms with van der Waals surface area (Å²) in [5.41, 5.74) is 0.0426. The number of esters is 1. The molecule has 2 aromatic heterocycles. The van der Waals surface area contributed by atoms with Crippen LogP contribution in [0, 0.1) is 17.0 Å². The molecule has 1 amide bonds. The van der Waals surface area contributed by atoms with Crippen LogP contribution in [0.2, 0.25) is 0 Å². The Bertz CT molecular complexity index is 1090. The lowest BCUT2D eigenvalue weighted by Crippen LogP contribution is -2.21. The van der Waals surface area contributed by atoms with Crippen molar-refractivity contribution >= 4 is 23.4 Å². The number of ether oxygens (including phenoxy) is 1. The summed E-state index contributed by atoms with van der Waals surface area (Å²) in [6.45, 7) is 3.22. The minimum Gasteiger partial charge on any atom is -0.462 e. The Morgan fingerprint density at radius 2 is 1.97 bits per heavy atom. The number of aromatic nitrogens is 4. The Kier molecular flexibility index (Phi) is 5.39. The highest BCUT2D eigenvalue weighted by atomic mass is 16.6. The molecule has 2 heterocycles. The number of rotatable bonds is 6. The number of nitrogens with one attached hydrogen (secondary N) is 1. The maximum absolute atomic E-state index is 12.9. The number of hydrogen-bond acceptors (Lipinski definition) is 7. The summed E-state index contributed by atoms with van der Waals surface area (Å²) >= 11 is 0. The molecule has 11 nitrogen and oxygen atoms in total. The SMILES string of the molecule is CCOC(=O)c1cnn(-c2ccccc2)c1NC(=O)c1c([N+](=O)[O-])c(C)nn1C. The molecule has 11 heteroatoms. The summed E-state index contributed by atoms with van der Waals surface area (Å²) in [6.07, 6.45) is 1.27. The first-order valence-electron chi connectivity index (χ1n) is 8.65. The molecule has 0 saturated carbocycles. The van der Waals surface area contributed by atoms with E-state index < -0.39 is 22.5 Å². The summed E-state index contributed by atoms with van der Waals surface area (Å²) in [7, 11) is 1.43. The molecule has 150 valence electrons. The van der Waals surface area contributed by atoms with Crippen molar-refractivity contribution in [2.24, 2.45) is 7.05 Å². The van der Waals surface area contributed by atoms with Gasteiger partial charge in [0.2, 0.25) is 5.69 Å². The topological polar surface area (TPSA) is 134 Å². The van der Waals surface area contributed by atoms with E-state index in [9.17, 15) is 19.7 Å². The maximum Gasteiger partial charge on any atom is 0.343 e. The van der Waals surface area contributed by atoms with Gasteiger partial charge in [-0.3, -0.25) is 19.6 Å². The van der Waals surface area contributed by atoms with Crippen molar-refractivity contribution in [2.75, 3.05) is 11.9 Å².